The van der Waals surface area contributed by atoms with E-state index < -0.39 is 11.9 Å². The van der Waals surface area contributed by atoms with Gasteiger partial charge in [-0.25, -0.2) is 0 Å². The van der Waals surface area contributed by atoms with E-state index in [1.807, 2.05) is 30.3 Å². The molecule has 0 radical (unpaired) electrons. The molecule has 6 heteroatoms. The summed E-state index contributed by atoms with van der Waals surface area (Å²) in [5.74, 6) is -1.31. The highest BCUT2D eigenvalue weighted by Gasteiger charge is 2.40. The van der Waals surface area contributed by atoms with Crippen LogP contribution in [0.5, 0.6) is 0 Å². The van der Waals surface area contributed by atoms with Crippen LogP contribution in [0.25, 0.3) is 0 Å². The maximum absolute atomic E-state index is 12.0. The molecule has 1 aromatic rings. The Bertz CT molecular complexity index is 528. The molecule has 20 heavy (non-hydrogen) atoms. The maximum Gasteiger partial charge on any atom is 0.317 e. The molecule has 1 aliphatic rings. The van der Waals surface area contributed by atoms with Gasteiger partial charge in [0.2, 0.25) is 0 Å². The van der Waals surface area contributed by atoms with Crippen LogP contribution in [-0.2, 0) is 14.3 Å². The van der Waals surface area contributed by atoms with Crippen LogP contribution in [0, 0.1) is 5.92 Å². The lowest BCUT2D eigenvalue weighted by molar-refractivity contribution is -0.145. The minimum Gasteiger partial charge on any atom is -0.465 e. The summed E-state index contributed by atoms with van der Waals surface area (Å²) >= 11 is 0. The molecule has 106 valence electrons. The van der Waals surface area contributed by atoms with E-state index in [-0.39, 0.29) is 18.2 Å². The van der Waals surface area contributed by atoms with Gasteiger partial charge in [-0.3, -0.25) is 15.0 Å². The summed E-state index contributed by atoms with van der Waals surface area (Å²) in [6.45, 7) is 2.32. The number of esters is 1. The Morgan fingerprint density at radius 2 is 2.15 bits per heavy atom. The van der Waals surface area contributed by atoms with Crippen molar-refractivity contribution in [2.45, 2.75) is 6.92 Å². The van der Waals surface area contributed by atoms with Crippen LogP contribution in [0.15, 0.2) is 35.4 Å². The van der Waals surface area contributed by atoms with E-state index in [9.17, 15) is 9.59 Å². The lowest BCUT2D eigenvalue weighted by Crippen LogP contribution is -2.27. The maximum atomic E-state index is 12.0. The highest BCUT2D eigenvalue weighted by molar-refractivity contribution is 6.44. The molecular formula is C14H17N3O3. The lowest BCUT2D eigenvalue weighted by Gasteiger charge is -2.08. The fourth-order valence-corrected chi connectivity index (χ4v) is 1.98. The fourth-order valence-electron chi connectivity index (χ4n) is 1.98. The molecular weight excluding hydrogens is 258 g/mol. The molecule has 1 saturated heterocycles. The smallest absolute Gasteiger partial charge is 0.317 e. The Hall–Kier alpha value is -2.37. The standard InChI is InChI=1S/C14H17N3O3/c1-3-20-14(19)11-9-17(2)13(18)12(11)16-15-10-7-5-4-6-8-10/h4-8,11,15H,3,9H2,1-2H3/b16-12+/t11-/m1/s1. The number of benzene rings is 1. The topological polar surface area (TPSA) is 71.0 Å². The van der Waals surface area contributed by atoms with E-state index in [0.717, 1.165) is 5.69 Å². The molecule has 6 nitrogen and oxygen atoms in total. The summed E-state index contributed by atoms with van der Waals surface area (Å²) < 4.78 is 4.98. The van der Waals surface area contributed by atoms with E-state index in [2.05, 4.69) is 10.5 Å². The summed E-state index contributed by atoms with van der Waals surface area (Å²) in [5.41, 5.74) is 3.74. The lowest BCUT2D eigenvalue weighted by atomic mass is 10.1. The minimum atomic E-state index is -0.635. The van der Waals surface area contributed by atoms with E-state index in [1.54, 1.807) is 14.0 Å². The van der Waals surface area contributed by atoms with Gasteiger partial charge in [0.1, 0.15) is 11.6 Å². The quantitative estimate of drug-likeness (QED) is 0.660. The Balaban J connectivity index is 2.17. The highest BCUT2D eigenvalue weighted by atomic mass is 16.5. The van der Waals surface area contributed by atoms with E-state index in [1.165, 1.54) is 4.90 Å². The number of amides is 1. The number of carbonyl (C=O) groups is 2. The molecule has 1 fully saturated rings. The zero-order valence-corrected chi connectivity index (χ0v) is 11.5. The second kappa shape index (κ2) is 6.18. The zero-order chi connectivity index (χ0) is 14.5. The molecule has 1 aliphatic heterocycles. The number of nitrogens with zero attached hydrogens (tertiary/aromatic N) is 2. The van der Waals surface area contributed by atoms with Gasteiger partial charge in [-0.15, -0.1) is 0 Å². The number of para-hydroxylation sites is 1. The van der Waals surface area contributed by atoms with Crippen molar-refractivity contribution in [3.8, 4) is 0 Å². The number of likely N-dealkylation sites (tertiary alicyclic amines) is 1. The predicted molar refractivity (Wildman–Crippen MR) is 75.3 cm³/mol. The van der Waals surface area contributed by atoms with E-state index in [0.29, 0.717) is 6.54 Å². The average molecular weight is 275 g/mol. The Labute approximate surface area is 117 Å². The van der Waals surface area contributed by atoms with Gasteiger partial charge in [0.25, 0.3) is 5.91 Å². The van der Waals surface area contributed by atoms with Crippen LogP contribution >= 0.6 is 0 Å². The summed E-state index contributed by atoms with van der Waals surface area (Å²) in [4.78, 5) is 25.3. The van der Waals surface area contributed by atoms with Gasteiger partial charge in [-0.1, -0.05) is 18.2 Å². The van der Waals surface area contributed by atoms with Crippen LogP contribution in [0.1, 0.15) is 6.92 Å². The highest BCUT2D eigenvalue weighted by Crippen LogP contribution is 2.16. The number of anilines is 1. The van der Waals surface area contributed by atoms with Gasteiger partial charge in [-0.05, 0) is 19.1 Å². The Morgan fingerprint density at radius 3 is 2.80 bits per heavy atom. The van der Waals surface area contributed by atoms with Crippen molar-refractivity contribution in [1.82, 2.24) is 4.90 Å². The molecule has 1 amide bonds. The summed E-state index contributed by atoms with van der Waals surface area (Å²) in [7, 11) is 1.64. The molecule has 1 N–H and O–H groups in total. The van der Waals surface area contributed by atoms with Gasteiger partial charge in [-0.2, -0.15) is 5.10 Å². The molecule has 0 aromatic heterocycles. The number of hydrogen-bond donors (Lipinski definition) is 1. The summed E-state index contributed by atoms with van der Waals surface area (Å²) in [6, 6.07) is 9.25. The first-order chi connectivity index (χ1) is 9.63. The monoisotopic (exact) mass is 275 g/mol. The van der Waals surface area contributed by atoms with Crippen LogP contribution in [0.2, 0.25) is 0 Å². The van der Waals surface area contributed by atoms with Crippen LogP contribution in [0.3, 0.4) is 0 Å². The molecule has 2 rings (SSSR count). The van der Waals surface area contributed by atoms with Crippen LogP contribution < -0.4 is 5.43 Å². The predicted octanol–water partition coefficient (Wildman–Crippen LogP) is 1.11. The molecule has 0 aliphatic carbocycles. The molecule has 1 atom stereocenters. The van der Waals surface area contributed by atoms with E-state index >= 15 is 0 Å². The zero-order valence-electron chi connectivity index (χ0n) is 11.5. The Morgan fingerprint density at radius 1 is 1.45 bits per heavy atom. The first-order valence-corrected chi connectivity index (χ1v) is 6.44. The van der Waals surface area contributed by atoms with Crippen molar-refractivity contribution in [3.63, 3.8) is 0 Å². The number of hydrazone groups is 1. The molecule has 0 bridgehead atoms. The van der Waals surface area contributed by atoms with Crippen LogP contribution in [-0.4, -0.2) is 42.7 Å². The molecule has 0 spiro atoms. The third-order valence-electron chi connectivity index (χ3n) is 3.00. The molecule has 0 unspecified atom stereocenters. The summed E-state index contributed by atoms with van der Waals surface area (Å²) in [5, 5.41) is 4.08. The van der Waals surface area contributed by atoms with Crippen molar-refractivity contribution < 1.29 is 14.3 Å². The number of ether oxygens (including phenoxy) is 1. The van der Waals surface area contributed by atoms with Gasteiger partial charge >= 0.3 is 5.97 Å². The largest absolute Gasteiger partial charge is 0.465 e. The van der Waals surface area contributed by atoms with Crippen molar-refractivity contribution in [2.75, 3.05) is 25.6 Å². The number of hydrogen-bond acceptors (Lipinski definition) is 5. The number of carbonyl (C=O) groups excluding carboxylic acids is 2. The fraction of sp³-hybridized carbons (Fsp3) is 0.357. The van der Waals surface area contributed by atoms with Gasteiger partial charge in [0, 0.05) is 13.6 Å². The second-order valence-corrected chi connectivity index (χ2v) is 4.47. The summed E-state index contributed by atoms with van der Waals surface area (Å²) in [6.07, 6.45) is 0. The normalized spacial score (nSPS) is 20.3. The van der Waals surface area contributed by atoms with Crippen molar-refractivity contribution >= 4 is 23.3 Å². The third-order valence-corrected chi connectivity index (χ3v) is 3.00. The van der Waals surface area contributed by atoms with Crippen molar-refractivity contribution in [2.24, 2.45) is 11.0 Å². The Kier molecular flexibility index (Phi) is 4.34. The molecule has 1 heterocycles. The average Bonchev–Trinajstić information content (AvgIpc) is 2.74. The van der Waals surface area contributed by atoms with Crippen molar-refractivity contribution in [1.29, 1.82) is 0 Å². The third kappa shape index (κ3) is 2.96. The number of nitrogens with one attached hydrogen (secondary N) is 1. The molecule has 0 saturated carbocycles. The first-order valence-electron chi connectivity index (χ1n) is 6.44. The van der Waals surface area contributed by atoms with Crippen molar-refractivity contribution in [3.05, 3.63) is 30.3 Å². The first kappa shape index (κ1) is 14.0. The molecule has 1 aromatic carbocycles. The van der Waals surface area contributed by atoms with Gasteiger partial charge in [0.15, 0.2) is 0 Å². The van der Waals surface area contributed by atoms with Gasteiger partial charge in [0.05, 0.1) is 12.3 Å². The second-order valence-electron chi connectivity index (χ2n) is 4.47. The SMILES string of the molecule is CCOC(=O)[C@@H]1CN(C)C(=O)/C1=N/Nc1ccccc1. The number of rotatable bonds is 4. The van der Waals surface area contributed by atoms with Crippen LogP contribution in [0.4, 0.5) is 5.69 Å². The van der Waals surface area contributed by atoms with E-state index in [4.69, 9.17) is 4.74 Å². The van der Waals surface area contributed by atoms with Gasteiger partial charge < -0.3 is 9.64 Å². The minimum absolute atomic E-state index is 0.190.